The number of carbonyl (C=O) groups excluding carboxylic acids is 2. The number of nitrogens with zero attached hydrogens (tertiary/aromatic N) is 3. The Balaban J connectivity index is 1.36. The van der Waals surface area contributed by atoms with Crippen molar-refractivity contribution in [3.8, 4) is 6.07 Å². The van der Waals surface area contributed by atoms with Gasteiger partial charge in [0.2, 0.25) is 11.8 Å². The molecule has 0 bridgehead atoms. The number of aryl methyl sites for hydroxylation is 2. The van der Waals surface area contributed by atoms with E-state index < -0.39 is 0 Å². The van der Waals surface area contributed by atoms with Crippen molar-refractivity contribution in [2.45, 2.75) is 106 Å². The second kappa shape index (κ2) is 8.85. The lowest BCUT2D eigenvalue weighted by Crippen LogP contribution is -2.64. The fraction of sp³-hybridized carbons (Fsp3) is 0.788. The smallest absolute Gasteiger partial charge is 0.216 e. The van der Waals surface area contributed by atoms with Crippen LogP contribution in [-0.4, -0.2) is 21.8 Å². The molecule has 5 aliphatic rings. The van der Waals surface area contributed by atoms with Crippen LogP contribution in [0, 0.1) is 75.4 Å². The van der Waals surface area contributed by atoms with E-state index in [0.717, 1.165) is 50.8 Å². The Bertz CT molecular complexity index is 1270. The van der Waals surface area contributed by atoms with Crippen molar-refractivity contribution in [3.63, 3.8) is 0 Å². The third kappa shape index (κ3) is 3.92. The Morgan fingerprint density at radius 3 is 2.41 bits per heavy atom. The largest absolute Gasteiger partial charge is 0.426 e. The molecule has 9 atom stereocenters. The molecule has 0 aromatic carbocycles. The Kier molecular flexibility index (Phi) is 6.11. The maximum absolute atomic E-state index is 14.5. The standard InChI is InChI=1S/C33H45N3O3/c1-19-22-7-8-23-24(32(22,6)16-21(18-34)29(19)38)15-26(37)28-25-17-30(3,4)11-13-33(25,14-12-31(23,28)5)10-9-27-36-35-20(2)39-27/h16,19,22-25,28H,7-15,17H2,1-6H3/t19-,22-,23?,24?,25?,28?,31-,32-,33+/m0/s1. The van der Waals surface area contributed by atoms with Crippen molar-refractivity contribution in [2.75, 3.05) is 0 Å². The van der Waals surface area contributed by atoms with Crippen LogP contribution in [0.3, 0.4) is 0 Å². The molecule has 6 nitrogen and oxygen atoms in total. The molecule has 0 spiro atoms. The Labute approximate surface area is 233 Å². The average Bonchev–Trinajstić information content (AvgIpc) is 3.30. The van der Waals surface area contributed by atoms with Crippen molar-refractivity contribution in [1.29, 1.82) is 5.26 Å². The molecule has 0 aliphatic heterocycles. The number of fused-ring (bicyclic) bond motifs is 7. The molecule has 39 heavy (non-hydrogen) atoms. The zero-order chi connectivity index (χ0) is 28.0. The van der Waals surface area contributed by atoms with Gasteiger partial charge in [0.1, 0.15) is 11.9 Å². The number of Topliss-reactive ketones (excluding diaryl/α,β-unsaturated/α-hetero) is 2. The van der Waals surface area contributed by atoms with Crippen LogP contribution >= 0.6 is 0 Å². The van der Waals surface area contributed by atoms with Gasteiger partial charge in [0, 0.05) is 31.6 Å². The van der Waals surface area contributed by atoms with Gasteiger partial charge in [-0.25, -0.2) is 0 Å². The minimum absolute atomic E-state index is 0.00650. The third-order valence-electron chi connectivity index (χ3n) is 12.9. The summed E-state index contributed by atoms with van der Waals surface area (Å²) in [4.78, 5) is 27.4. The van der Waals surface area contributed by atoms with Crippen LogP contribution < -0.4 is 0 Å². The van der Waals surface area contributed by atoms with Crippen LogP contribution in [-0.2, 0) is 16.0 Å². The zero-order valence-electron chi connectivity index (χ0n) is 24.7. The van der Waals surface area contributed by atoms with Gasteiger partial charge in [-0.2, -0.15) is 5.26 Å². The van der Waals surface area contributed by atoms with E-state index >= 15 is 0 Å². The first-order valence-electron chi connectivity index (χ1n) is 15.3. The number of nitriles is 1. The van der Waals surface area contributed by atoms with Crippen LogP contribution in [0.2, 0.25) is 0 Å². The summed E-state index contributed by atoms with van der Waals surface area (Å²) in [6.07, 6.45) is 12.2. The fourth-order valence-electron chi connectivity index (χ4n) is 10.8. The van der Waals surface area contributed by atoms with Gasteiger partial charge in [0.15, 0.2) is 5.78 Å². The molecule has 6 rings (SSSR count). The minimum atomic E-state index is -0.277. The van der Waals surface area contributed by atoms with Crippen molar-refractivity contribution in [3.05, 3.63) is 23.4 Å². The van der Waals surface area contributed by atoms with Gasteiger partial charge in [-0.15, -0.1) is 10.2 Å². The topological polar surface area (TPSA) is 96.9 Å². The van der Waals surface area contributed by atoms with E-state index in [1.807, 2.05) is 19.9 Å². The van der Waals surface area contributed by atoms with E-state index in [1.54, 1.807) is 0 Å². The third-order valence-corrected chi connectivity index (χ3v) is 12.9. The quantitative estimate of drug-likeness (QED) is 0.424. The molecule has 4 unspecified atom stereocenters. The van der Waals surface area contributed by atoms with E-state index in [1.165, 1.54) is 12.8 Å². The number of hydrogen-bond donors (Lipinski definition) is 0. The van der Waals surface area contributed by atoms with Gasteiger partial charge in [-0.3, -0.25) is 9.59 Å². The van der Waals surface area contributed by atoms with Gasteiger partial charge in [0.25, 0.3) is 0 Å². The normalized spacial score (nSPS) is 44.8. The average molecular weight is 532 g/mol. The van der Waals surface area contributed by atoms with Crippen molar-refractivity contribution < 1.29 is 14.0 Å². The van der Waals surface area contributed by atoms with Crippen LogP contribution in [0.25, 0.3) is 0 Å². The molecule has 1 heterocycles. The molecule has 0 saturated heterocycles. The lowest BCUT2D eigenvalue weighted by atomic mass is 9.36. The summed E-state index contributed by atoms with van der Waals surface area (Å²) in [5, 5.41) is 18.1. The van der Waals surface area contributed by atoms with Gasteiger partial charge in [-0.1, -0.05) is 40.7 Å². The summed E-state index contributed by atoms with van der Waals surface area (Å²) < 4.78 is 5.76. The highest BCUT2D eigenvalue weighted by Gasteiger charge is 2.67. The molecule has 0 radical (unpaired) electrons. The number of aromatic nitrogens is 2. The van der Waals surface area contributed by atoms with Crippen molar-refractivity contribution >= 4 is 11.6 Å². The first-order chi connectivity index (χ1) is 18.3. The highest BCUT2D eigenvalue weighted by atomic mass is 16.4. The van der Waals surface area contributed by atoms with Crippen LogP contribution in [0.5, 0.6) is 0 Å². The van der Waals surface area contributed by atoms with Gasteiger partial charge < -0.3 is 4.42 Å². The number of ketones is 2. The number of rotatable bonds is 3. The van der Waals surface area contributed by atoms with Crippen LogP contribution in [0.15, 0.2) is 16.1 Å². The van der Waals surface area contributed by atoms with E-state index in [0.29, 0.717) is 35.5 Å². The molecule has 0 N–H and O–H groups in total. The fourth-order valence-corrected chi connectivity index (χ4v) is 10.8. The molecular weight excluding hydrogens is 486 g/mol. The maximum atomic E-state index is 14.5. The minimum Gasteiger partial charge on any atom is -0.426 e. The van der Waals surface area contributed by atoms with E-state index in [-0.39, 0.29) is 51.1 Å². The number of hydrogen-bond acceptors (Lipinski definition) is 6. The monoisotopic (exact) mass is 531 g/mol. The predicted octanol–water partition coefficient (Wildman–Crippen LogP) is 6.83. The lowest BCUT2D eigenvalue weighted by molar-refractivity contribution is -0.189. The van der Waals surface area contributed by atoms with E-state index in [4.69, 9.17) is 4.42 Å². The van der Waals surface area contributed by atoms with E-state index in [2.05, 4.69) is 44.0 Å². The predicted molar refractivity (Wildman–Crippen MR) is 147 cm³/mol. The lowest BCUT2D eigenvalue weighted by Gasteiger charge is -2.67. The molecule has 1 aromatic rings. The molecule has 4 fully saturated rings. The molecular formula is C33H45N3O3. The highest BCUT2D eigenvalue weighted by Crippen LogP contribution is 2.71. The summed E-state index contributed by atoms with van der Waals surface area (Å²) in [5.41, 5.74) is 0.376. The highest BCUT2D eigenvalue weighted by molar-refractivity contribution is 6.01. The second-order valence-electron chi connectivity index (χ2n) is 15.3. The van der Waals surface area contributed by atoms with Crippen molar-refractivity contribution in [2.24, 2.45) is 57.2 Å². The van der Waals surface area contributed by atoms with E-state index in [9.17, 15) is 14.9 Å². The summed E-state index contributed by atoms with van der Waals surface area (Å²) in [6.45, 7) is 13.3. The molecule has 1 aromatic heterocycles. The number of carbonyl (C=O) groups is 2. The van der Waals surface area contributed by atoms with Gasteiger partial charge in [-0.05, 0) is 96.7 Å². The summed E-state index contributed by atoms with van der Waals surface area (Å²) in [7, 11) is 0. The van der Waals surface area contributed by atoms with Gasteiger partial charge >= 0.3 is 0 Å². The molecule has 5 aliphatic carbocycles. The van der Waals surface area contributed by atoms with Crippen LogP contribution in [0.1, 0.15) is 104 Å². The zero-order valence-corrected chi connectivity index (χ0v) is 24.7. The van der Waals surface area contributed by atoms with Gasteiger partial charge in [0.05, 0.1) is 5.57 Å². The Hall–Kier alpha value is -2.29. The molecule has 4 saturated carbocycles. The first kappa shape index (κ1) is 26.9. The second-order valence-corrected chi connectivity index (χ2v) is 15.3. The SMILES string of the molecule is Cc1nnc(CC[C@]23CCC(C)(C)CC2C2C(=O)CC4C(CC[C@H]5[C@H](C)C(=O)C(C#N)=C[C@]45C)[C@]2(C)CC3)o1. The first-order valence-corrected chi connectivity index (χ1v) is 15.3. The van der Waals surface area contributed by atoms with Crippen LogP contribution in [0.4, 0.5) is 0 Å². The Morgan fingerprint density at radius 1 is 1.00 bits per heavy atom. The molecule has 210 valence electrons. The summed E-state index contributed by atoms with van der Waals surface area (Å²) in [6, 6.07) is 2.20. The summed E-state index contributed by atoms with van der Waals surface area (Å²) >= 11 is 0. The maximum Gasteiger partial charge on any atom is 0.216 e. The molecule has 0 amide bonds. The summed E-state index contributed by atoms with van der Waals surface area (Å²) in [5.74, 6) is 2.94. The molecule has 6 heteroatoms. The van der Waals surface area contributed by atoms with Crippen molar-refractivity contribution in [1.82, 2.24) is 10.2 Å². The Morgan fingerprint density at radius 2 is 1.72 bits per heavy atom. The number of allylic oxidation sites excluding steroid dienone is 2.